The second kappa shape index (κ2) is 10.6. The van der Waals surface area contributed by atoms with Crippen molar-refractivity contribution in [3.8, 4) is 17.2 Å². The van der Waals surface area contributed by atoms with E-state index in [-0.39, 0.29) is 12.6 Å². The van der Waals surface area contributed by atoms with Gasteiger partial charge in [-0.3, -0.25) is 9.59 Å². The average molecular weight is 433 g/mol. The Balaban J connectivity index is 0.000000339. The zero-order valence-corrected chi connectivity index (χ0v) is 16.8. The van der Waals surface area contributed by atoms with Gasteiger partial charge in [0.05, 0.1) is 6.61 Å². The van der Waals surface area contributed by atoms with Gasteiger partial charge < -0.3 is 29.7 Å². The van der Waals surface area contributed by atoms with Crippen molar-refractivity contribution in [1.29, 1.82) is 0 Å². The third-order valence-electron chi connectivity index (χ3n) is 5.02. The maximum atomic E-state index is 13.2. The Morgan fingerprint density at radius 1 is 1.06 bits per heavy atom. The molecule has 0 aliphatic carbocycles. The van der Waals surface area contributed by atoms with E-state index in [0.29, 0.717) is 18.4 Å². The monoisotopic (exact) mass is 433 g/mol. The number of rotatable bonds is 6. The molecule has 9 heteroatoms. The predicted octanol–water partition coefficient (Wildman–Crippen LogP) is 2.87. The highest BCUT2D eigenvalue weighted by atomic mass is 19.1. The van der Waals surface area contributed by atoms with Gasteiger partial charge in [0, 0.05) is 18.5 Å². The molecule has 8 nitrogen and oxygen atoms in total. The maximum Gasteiger partial charge on any atom is 0.314 e. The Morgan fingerprint density at radius 3 is 2.45 bits per heavy atom. The number of hydrogen-bond donors (Lipinski definition) is 3. The summed E-state index contributed by atoms with van der Waals surface area (Å²) in [5, 5.41) is 18.8. The van der Waals surface area contributed by atoms with Crippen molar-refractivity contribution in [3.63, 3.8) is 0 Å². The number of fused-ring (bicyclic) bond motifs is 1. The molecule has 0 saturated carbocycles. The number of ether oxygens (including phenoxy) is 3. The lowest BCUT2D eigenvalue weighted by atomic mass is 9.81. The van der Waals surface area contributed by atoms with E-state index in [1.54, 1.807) is 0 Å². The lowest BCUT2D eigenvalue weighted by molar-refractivity contribution is -0.147. The molecule has 0 unspecified atom stereocenters. The van der Waals surface area contributed by atoms with E-state index >= 15 is 0 Å². The molecule has 2 aromatic carbocycles. The Morgan fingerprint density at radius 2 is 1.77 bits per heavy atom. The van der Waals surface area contributed by atoms with E-state index in [1.807, 2.05) is 30.3 Å². The molecule has 0 amide bonds. The van der Waals surface area contributed by atoms with Gasteiger partial charge in [-0.15, -0.1) is 0 Å². The van der Waals surface area contributed by atoms with Gasteiger partial charge in [0.2, 0.25) is 6.79 Å². The number of carbonyl (C=O) groups is 2. The Hall–Kier alpha value is -3.33. The number of carboxylic acids is 2. The van der Waals surface area contributed by atoms with Crippen molar-refractivity contribution in [2.24, 2.45) is 5.92 Å². The van der Waals surface area contributed by atoms with E-state index in [1.165, 1.54) is 17.7 Å². The van der Waals surface area contributed by atoms with Crippen molar-refractivity contribution < 1.29 is 38.4 Å². The molecule has 2 aliphatic rings. The normalized spacial score (nSPS) is 19.1. The lowest BCUT2D eigenvalue weighted by Gasteiger charge is -2.32. The molecule has 2 atom stereocenters. The van der Waals surface area contributed by atoms with Crippen LogP contribution in [0.4, 0.5) is 4.39 Å². The van der Waals surface area contributed by atoms with Gasteiger partial charge in [0.25, 0.3) is 0 Å². The smallest absolute Gasteiger partial charge is 0.314 e. The van der Waals surface area contributed by atoms with Crippen LogP contribution in [0.15, 0.2) is 42.5 Å². The quantitative estimate of drug-likeness (QED) is 0.596. The first-order valence-electron chi connectivity index (χ1n) is 9.84. The number of nitrogens with one attached hydrogen (secondary N) is 1. The van der Waals surface area contributed by atoms with Crippen molar-refractivity contribution in [1.82, 2.24) is 5.32 Å². The highest BCUT2D eigenvalue weighted by Gasteiger charge is 2.27. The van der Waals surface area contributed by atoms with E-state index < -0.39 is 18.4 Å². The van der Waals surface area contributed by atoms with Gasteiger partial charge in [0.1, 0.15) is 18.0 Å². The number of carboxylic acid groups (broad SMARTS) is 2. The fraction of sp³-hybridized carbons (Fsp3) is 0.364. The predicted molar refractivity (Wildman–Crippen MR) is 108 cm³/mol. The highest BCUT2D eigenvalue weighted by Crippen LogP contribution is 2.36. The first-order chi connectivity index (χ1) is 14.9. The second-order valence-corrected chi connectivity index (χ2v) is 7.20. The molecule has 4 rings (SSSR count). The summed E-state index contributed by atoms with van der Waals surface area (Å²) in [6.07, 6.45) is 0.223. The topological polar surface area (TPSA) is 114 Å². The van der Waals surface area contributed by atoms with Crippen LogP contribution in [0.1, 0.15) is 24.3 Å². The molecule has 1 fully saturated rings. The van der Waals surface area contributed by atoms with Crippen LogP contribution < -0.4 is 19.5 Å². The molecular weight excluding hydrogens is 409 g/mol. The van der Waals surface area contributed by atoms with Crippen molar-refractivity contribution >= 4 is 11.9 Å². The van der Waals surface area contributed by atoms with Gasteiger partial charge in [-0.25, -0.2) is 4.39 Å². The summed E-state index contributed by atoms with van der Waals surface area (Å²) >= 11 is 0. The summed E-state index contributed by atoms with van der Waals surface area (Å²) in [4.78, 5) is 18.9. The zero-order chi connectivity index (χ0) is 22.2. The van der Waals surface area contributed by atoms with Crippen LogP contribution in [0, 0.1) is 11.7 Å². The molecular formula is C22H24FNO7. The average Bonchev–Trinajstić information content (AvgIpc) is 3.20. The molecule has 31 heavy (non-hydrogen) atoms. The molecule has 166 valence electrons. The molecule has 1 saturated heterocycles. The molecule has 2 aromatic rings. The number of benzene rings is 2. The van der Waals surface area contributed by atoms with Gasteiger partial charge in [-0.2, -0.15) is 0 Å². The van der Waals surface area contributed by atoms with Crippen LogP contribution in [0.2, 0.25) is 0 Å². The SMILES string of the molecule is Fc1ccc([C@@H]2CCNC[C@H]2COc2ccc3c(c2)OCO3)cc1.O=C(O)CC(=O)O. The fourth-order valence-electron chi connectivity index (χ4n) is 3.55. The summed E-state index contributed by atoms with van der Waals surface area (Å²) in [5.74, 6) is 0.161. The van der Waals surface area contributed by atoms with Crippen LogP contribution in [-0.2, 0) is 9.59 Å². The van der Waals surface area contributed by atoms with Crippen LogP contribution in [0.3, 0.4) is 0 Å². The van der Waals surface area contributed by atoms with Crippen LogP contribution in [0.5, 0.6) is 17.2 Å². The molecule has 0 bridgehead atoms. The maximum absolute atomic E-state index is 13.2. The second-order valence-electron chi connectivity index (χ2n) is 7.20. The lowest BCUT2D eigenvalue weighted by Crippen LogP contribution is -2.38. The molecule has 0 radical (unpaired) electrons. The molecule has 0 spiro atoms. The van der Waals surface area contributed by atoms with Crippen LogP contribution in [-0.4, -0.2) is 48.6 Å². The summed E-state index contributed by atoms with van der Waals surface area (Å²) < 4.78 is 29.9. The minimum atomic E-state index is -1.31. The van der Waals surface area contributed by atoms with Gasteiger partial charge in [-0.05, 0) is 48.7 Å². The van der Waals surface area contributed by atoms with E-state index in [0.717, 1.165) is 36.8 Å². The molecule has 0 aromatic heterocycles. The van der Waals surface area contributed by atoms with Gasteiger partial charge in [-0.1, -0.05) is 12.1 Å². The van der Waals surface area contributed by atoms with Crippen molar-refractivity contribution in [3.05, 3.63) is 53.8 Å². The molecule has 3 N–H and O–H groups in total. The Labute approximate surface area is 178 Å². The van der Waals surface area contributed by atoms with Crippen LogP contribution >= 0.6 is 0 Å². The standard InChI is InChI=1S/C19H20FNO3.C3H4O4/c20-15-3-1-13(2-4-15)17-7-8-21-10-14(17)11-22-16-5-6-18-19(9-16)24-12-23-18;4-2(5)1-3(6)7/h1-6,9,14,17,21H,7-8,10-12H2;1H2,(H,4,5)(H,6,7)/t14-,17-;/m0./s1. The van der Waals surface area contributed by atoms with E-state index in [4.69, 9.17) is 24.4 Å². The Kier molecular flexibility index (Phi) is 7.66. The number of piperidine rings is 1. The van der Waals surface area contributed by atoms with E-state index in [9.17, 15) is 14.0 Å². The minimum absolute atomic E-state index is 0.194. The van der Waals surface area contributed by atoms with Crippen molar-refractivity contribution in [2.45, 2.75) is 18.8 Å². The van der Waals surface area contributed by atoms with E-state index in [2.05, 4.69) is 5.32 Å². The summed E-state index contributed by atoms with van der Waals surface area (Å²) in [5.41, 5.74) is 1.18. The number of hydrogen-bond acceptors (Lipinski definition) is 6. The van der Waals surface area contributed by atoms with Gasteiger partial charge >= 0.3 is 11.9 Å². The number of aliphatic carboxylic acids is 2. The Bertz CT molecular complexity index is 891. The summed E-state index contributed by atoms with van der Waals surface area (Å²) in [6, 6.07) is 12.5. The third kappa shape index (κ3) is 6.58. The molecule has 2 heterocycles. The molecule has 2 aliphatic heterocycles. The highest BCUT2D eigenvalue weighted by molar-refractivity contribution is 5.88. The third-order valence-corrected chi connectivity index (χ3v) is 5.02. The van der Waals surface area contributed by atoms with Gasteiger partial charge in [0.15, 0.2) is 11.5 Å². The first-order valence-corrected chi connectivity index (χ1v) is 9.84. The number of halogens is 1. The summed E-state index contributed by atoms with van der Waals surface area (Å²) in [6.45, 7) is 2.74. The first kappa shape index (κ1) is 22.4. The van der Waals surface area contributed by atoms with Crippen LogP contribution in [0.25, 0.3) is 0 Å². The fourth-order valence-corrected chi connectivity index (χ4v) is 3.55. The minimum Gasteiger partial charge on any atom is -0.493 e. The summed E-state index contributed by atoms with van der Waals surface area (Å²) in [7, 11) is 0. The largest absolute Gasteiger partial charge is 0.493 e. The zero-order valence-electron chi connectivity index (χ0n) is 16.8. The van der Waals surface area contributed by atoms with Crippen molar-refractivity contribution in [2.75, 3.05) is 26.5 Å².